The van der Waals surface area contributed by atoms with Crippen LogP contribution in [-0.2, 0) is 16.2 Å². The number of benzene rings is 2. The highest BCUT2D eigenvalue weighted by Gasteiger charge is 2.32. The van der Waals surface area contributed by atoms with Gasteiger partial charge in [-0.1, -0.05) is 36.0 Å². The smallest absolute Gasteiger partial charge is 0.276 e. The van der Waals surface area contributed by atoms with Crippen molar-refractivity contribution in [3.8, 4) is 5.75 Å². The van der Waals surface area contributed by atoms with Crippen molar-refractivity contribution in [1.82, 2.24) is 10.3 Å². The second-order valence-electron chi connectivity index (χ2n) is 6.16. The van der Waals surface area contributed by atoms with E-state index in [1.165, 1.54) is 36.7 Å². The van der Waals surface area contributed by atoms with Crippen molar-refractivity contribution < 1.29 is 19.2 Å². The number of amidine groups is 1. The number of rotatable bonds is 5. The number of carbonyl (C=O) groups excluding carboxylic acids is 2. The molecule has 10 heteroatoms. The number of nitro benzene ring substituents is 1. The molecule has 1 heterocycles. The second-order valence-corrected chi connectivity index (χ2v) is 7.23. The average Bonchev–Trinajstić information content (AvgIpc) is 3.10. The molecule has 0 saturated heterocycles. The van der Waals surface area contributed by atoms with Crippen LogP contribution in [0.25, 0.3) is 0 Å². The third kappa shape index (κ3) is 4.91. The predicted molar refractivity (Wildman–Crippen MR) is 108 cm³/mol. The van der Waals surface area contributed by atoms with Crippen LogP contribution in [-0.4, -0.2) is 26.9 Å². The molecule has 0 radical (unpaired) electrons. The molecule has 3 rings (SSSR count). The van der Waals surface area contributed by atoms with E-state index in [1.807, 2.05) is 0 Å². The van der Waals surface area contributed by atoms with Crippen LogP contribution >= 0.6 is 11.8 Å². The highest BCUT2D eigenvalue weighted by atomic mass is 32.2. The summed E-state index contributed by atoms with van der Waals surface area (Å²) in [6.45, 7) is 2.83. The van der Waals surface area contributed by atoms with Crippen molar-refractivity contribution >= 4 is 34.4 Å². The van der Waals surface area contributed by atoms with Gasteiger partial charge in [0.05, 0.1) is 10.5 Å². The molecule has 0 spiro atoms. The van der Waals surface area contributed by atoms with Gasteiger partial charge in [-0.15, -0.1) is 5.10 Å². The van der Waals surface area contributed by atoms with E-state index in [9.17, 15) is 19.7 Å². The van der Waals surface area contributed by atoms with Crippen molar-refractivity contribution in [3.63, 3.8) is 0 Å². The molecule has 2 aromatic rings. The van der Waals surface area contributed by atoms with E-state index in [-0.39, 0.29) is 24.1 Å². The van der Waals surface area contributed by atoms with E-state index in [4.69, 9.17) is 4.74 Å². The lowest BCUT2D eigenvalue weighted by molar-refractivity contribution is -0.385. The summed E-state index contributed by atoms with van der Waals surface area (Å²) in [4.78, 5) is 33.8. The average molecular weight is 414 g/mol. The van der Waals surface area contributed by atoms with Gasteiger partial charge >= 0.3 is 0 Å². The second kappa shape index (κ2) is 8.74. The normalized spacial score (nSPS) is 15.6. The van der Waals surface area contributed by atoms with Gasteiger partial charge in [0.1, 0.15) is 17.7 Å². The van der Waals surface area contributed by atoms with Crippen molar-refractivity contribution in [2.24, 2.45) is 5.10 Å². The SMILES string of the molecule is CC(=O)NC1=NN(C(C)=O)C(c2ccc(OCc3ccccc3[N+](=O)[O-])cc2)S1. The van der Waals surface area contributed by atoms with Gasteiger partial charge in [0, 0.05) is 19.9 Å². The molecule has 9 nitrogen and oxygen atoms in total. The Kier molecular flexibility index (Phi) is 6.13. The van der Waals surface area contributed by atoms with Gasteiger partial charge in [-0.25, -0.2) is 5.01 Å². The largest absolute Gasteiger partial charge is 0.489 e. The lowest BCUT2D eigenvalue weighted by Crippen LogP contribution is -2.25. The first-order valence-electron chi connectivity index (χ1n) is 8.63. The molecule has 150 valence electrons. The molecule has 0 fully saturated rings. The lowest BCUT2D eigenvalue weighted by atomic mass is 10.2. The maximum Gasteiger partial charge on any atom is 0.276 e. The number of nitrogens with zero attached hydrogens (tertiary/aromatic N) is 3. The molecule has 1 aliphatic rings. The van der Waals surface area contributed by atoms with Gasteiger partial charge in [0.2, 0.25) is 11.8 Å². The van der Waals surface area contributed by atoms with E-state index in [2.05, 4.69) is 10.4 Å². The maximum atomic E-state index is 11.9. The number of hydrogen-bond acceptors (Lipinski definition) is 7. The monoisotopic (exact) mass is 414 g/mol. The first-order valence-corrected chi connectivity index (χ1v) is 9.51. The Morgan fingerprint density at radius 1 is 1.21 bits per heavy atom. The highest BCUT2D eigenvalue weighted by Crippen LogP contribution is 2.39. The molecule has 1 N–H and O–H groups in total. The summed E-state index contributed by atoms with van der Waals surface area (Å²) in [7, 11) is 0. The standard InChI is InChI=1S/C19H18N4O5S/c1-12(24)20-19-21-22(13(2)25)18(29-19)14-7-9-16(10-8-14)28-11-15-5-3-4-6-17(15)23(26)27/h3-10,18H,11H2,1-2H3,(H,20,21,24). The summed E-state index contributed by atoms with van der Waals surface area (Å²) in [5, 5.41) is 19.1. The molecule has 0 saturated carbocycles. The van der Waals surface area contributed by atoms with Crippen LogP contribution in [0.1, 0.15) is 30.3 Å². The fourth-order valence-electron chi connectivity index (χ4n) is 2.68. The summed E-state index contributed by atoms with van der Waals surface area (Å²) in [5.74, 6) is 0.0194. The third-order valence-corrected chi connectivity index (χ3v) is 5.10. The van der Waals surface area contributed by atoms with Gasteiger partial charge in [-0.2, -0.15) is 0 Å². The molecular formula is C19H18N4O5S. The predicted octanol–water partition coefficient (Wildman–Crippen LogP) is 3.17. The summed E-state index contributed by atoms with van der Waals surface area (Å²) in [5.41, 5.74) is 1.28. The number of nitro groups is 1. The Morgan fingerprint density at radius 3 is 2.52 bits per heavy atom. The van der Waals surface area contributed by atoms with Gasteiger partial charge in [-0.05, 0) is 23.8 Å². The number of ether oxygens (including phenoxy) is 1. The van der Waals surface area contributed by atoms with Crippen LogP contribution in [0.2, 0.25) is 0 Å². The molecule has 2 amide bonds. The van der Waals surface area contributed by atoms with E-state index >= 15 is 0 Å². The molecule has 0 bridgehead atoms. The van der Waals surface area contributed by atoms with Crippen LogP contribution < -0.4 is 10.1 Å². The Labute approximate surface area is 170 Å². The molecule has 0 aliphatic carbocycles. The zero-order valence-electron chi connectivity index (χ0n) is 15.7. The van der Waals surface area contributed by atoms with Gasteiger partial charge in [0.15, 0.2) is 5.17 Å². The number of amides is 2. The van der Waals surface area contributed by atoms with E-state index in [0.717, 1.165) is 5.56 Å². The van der Waals surface area contributed by atoms with Gasteiger partial charge < -0.3 is 10.1 Å². The zero-order valence-corrected chi connectivity index (χ0v) is 16.5. The molecule has 2 aromatic carbocycles. The molecule has 1 unspecified atom stereocenters. The van der Waals surface area contributed by atoms with Gasteiger partial charge in [-0.3, -0.25) is 19.7 Å². The first kappa shape index (κ1) is 20.3. The zero-order chi connectivity index (χ0) is 21.0. The van der Waals surface area contributed by atoms with Crippen LogP contribution in [0.15, 0.2) is 53.6 Å². The highest BCUT2D eigenvalue weighted by molar-refractivity contribution is 8.14. The lowest BCUT2D eigenvalue weighted by Gasteiger charge is -2.19. The molecule has 0 aromatic heterocycles. The number of thioether (sulfide) groups is 1. The van der Waals surface area contributed by atoms with Crippen LogP contribution in [0.4, 0.5) is 5.69 Å². The fraction of sp³-hybridized carbons (Fsp3) is 0.211. The molecular weight excluding hydrogens is 396 g/mol. The Balaban J connectivity index is 1.70. The van der Waals surface area contributed by atoms with E-state index in [1.54, 1.807) is 42.5 Å². The topological polar surface area (TPSA) is 114 Å². The number of para-hydroxylation sites is 1. The summed E-state index contributed by atoms with van der Waals surface area (Å²) >= 11 is 1.26. The maximum absolute atomic E-state index is 11.9. The number of hydrogen-bond donors (Lipinski definition) is 1. The third-order valence-electron chi connectivity index (χ3n) is 4.00. The minimum atomic E-state index is -0.442. The number of nitrogens with one attached hydrogen (secondary N) is 1. The Morgan fingerprint density at radius 2 is 1.90 bits per heavy atom. The summed E-state index contributed by atoms with van der Waals surface area (Å²) in [6, 6.07) is 13.4. The van der Waals surface area contributed by atoms with Gasteiger partial charge in [0.25, 0.3) is 5.69 Å². The van der Waals surface area contributed by atoms with E-state index in [0.29, 0.717) is 16.5 Å². The number of hydrazone groups is 1. The first-order chi connectivity index (χ1) is 13.8. The minimum Gasteiger partial charge on any atom is -0.489 e. The Bertz CT molecular complexity index is 977. The summed E-state index contributed by atoms with van der Waals surface area (Å²) < 4.78 is 5.67. The number of carbonyl (C=O) groups is 2. The van der Waals surface area contributed by atoms with Crippen molar-refractivity contribution in [2.75, 3.05) is 0 Å². The van der Waals surface area contributed by atoms with E-state index < -0.39 is 10.3 Å². The van der Waals surface area contributed by atoms with Crippen LogP contribution in [0, 0.1) is 10.1 Å². The summed E-state index contributed by atoms with van der Waals surface area (Å²) in [6.07, 6.45) is 0. The quantitative estimate of drug-likeness (QED) is 0.594. The fourth-order valence-corrected chi connectivity index (χ4v) is 3.82. The van der Waals surface area contributed by atoms with Crippen molar-refractivity contribution in [3.05, 3.63) is 69.8 Å². The van der Waals surface area contributed by atoms with Crippen LogP contribution in [0.5, 0.6) is 5.75 Å². The van der Waals surface area contributed by atoms with Crippen LogP contribution in [0.3, 0.4) is 0 Å². The Hall–Kier alpha value is -3.40. The molecule has 29 heavy (non-hydrogen) atoms. The molecule has 1 atom stereocenters. The van der Waals surface area contributed by atoms with Crippen molar-refractivity contribution in [2.45, 2.75) is 25.8 Å². The minimum absolute atomic E-state index is 0.00576. The van der Waals surface area contributed by atoms with Crippen molar-refractivity contribution in [1.29, 1.82) is 0 Å². The molecule has 1 aliphatic heterocycles.